The van der Waals surface area contributed by atoms with Gasteiger partial charge >= 0.3 is 0 Å². The van der Waals surface area contributed by atoms with Gasteiger partial charge in [0.2, 0.25) is 0 Å². The molecule has 1 aliphatic rings. The van der Waals surface area contributed by atoms with Crippen molar-refractivity contribution in [2.24, 2.45) is 17.8 Å². The van der Waals surface area contributed by atoms with Crippen LogP contribution in [0.25, 0.3) is 0 Å². The second-order valence-electron chi connectivity index (χ2n) is 11.4. The molecule has 2 rings (SSSR count). The molecule has 4 atom stereocenters. The van der Waals surface area contributed by atoms with Gasteiger partial charge in [0.05, 0.1) is 6.10 Å². The van der Waals surface area contributed by atoms with Gasteiger partial charge in [-0.1, -0.05) is 78.7 Å². The van der Waals surface area contributed by atoms with Crippen LogP contribution in [0.2, 0.25) is 0 Å². The van der Waals surface area contributed by atoms with E-state index in [0.29, 0.717) is 6.42 Å². The first kappa shape index (κ1) is 26.2. The van der Waals surface area contributed by atoms with Crippen LogP contribution in [0, 0.1) is 38.5 Å². The zero-order valence-electron chi connectivity index (χ0n) is 21.8. The summed E-state index contributed by atoms with van der Waals surface area (Å²) in [5.74, 6) is 3.49. The topological polar surface area (TPSA) is 29.5 Å². The van der Waals surface area contributed by atoms with E-state index < -0.39 is 11.7 Å². The van der Waals surface area contributed by atoms with Gasteiger partial charge in [-0.15, -0.1) is 0 Å². The quantitative estimate of drug-likeness (QED) is 0.363. The Kier molecular flexibility index (Phi) is 9.93. The Balaban J connectivity index is 1.76. The molecule has 1 heterocycles. The largest absolute Gasteiger partial charge is 0.484 e. The maximum absolute atomic E-state index is 10.9. The summed E-state index contributed by atoms with van der Waals surface area (Å²) >= 11 is 0. The van der Waals surface area contributed by atoms with E-state index in [1.54, 1.807) is 0 Å². The van der Waals surface area contributed by atoms with Gasteiger partial charge in [0.25, 0.3) is 0 Å². The zero-order chi connectivity index (χ0) is 23.2. The fraction of sp³-hybridized carbons (Fsp3) is 0.793. The molecule has 31 heavy (non-hydrogen) atoms. The first-order valence-corrected chi connectivity index (χ1v) is 13.0. The number of fused-ring (bicyclic) bond motifs is 1. The van der Waals surface area contributed by atoms with Crippen molar-refractivity contribution in [3.63, 3.8) is 0 Å². The maximum Gasteiger partial charge on any atom is 0.132 e. The molecule has 0 bridgehead atoms. The average molecular weight is 431 g/mol. The molecule has 178 valence electrons. The number of hydrogen-bond acceptors (Lipinski definition) is 2. The molecular weight excluding hydrogens is 380 g/mol. The zero-order valence-corrected chi connectivity index (χ0v) is 21.8. The van der Waals surface area contributed by atoms with Gasteiger partial charge in [-0.05, 0) is 75.0 Å². The minimum Gasteiger partial charge on any atom is -0.484 e. The fourth-order valence-corrected chi connectivity index (χ4v) is 5.20. The molecule has 0 saturated carbocycles. The Morgan fingerprint density at radius 3 is 2.03 bits per heavy atom. The maximum atomic E-state index is 10.9. The SMILES string of the molecule is Cc1cc(C)c2c(c1C)OC(C)(CCCC(C)CCCC(C)CCCC(C)C)C(O)C2. The van der Waals surface area contributed by atoms with E-state index in [1.165, 1.54) is 67.2 Å². The second kappa shape index (κ2) is 11.7. The molecule has 0 amide bonds. The van der Waals surface area contributed by atoms with Crippen LogP contribution in [0.1, 0.15) is 115 Å². The number of aliphatic hydroxyl groups excluding tert-OH is 1. The van der Waals surface area contributed by atoms with Gasteiger partial charge in [-0.2, -0.15) is 0 Å². The Morgan fingerprint density at radius 1 is 0.903 bits per heavy atom. The van der Waals surface area contributed by atoms with E-state index in [-0.39, 0.29) is 0 Å². The van der Waals surface area contributed by atoms with Crippen LogP contribution in [0.3, 0.4) is 0 Å². The lowest BCUT2D eigenvalue weighted by Gasteiger charge is -2.41. The van der Waals surface area contributed by atoms with Crippen molar-refractivity contribution < 1.29 is 9.84 Å². The lowest BCUT2D eigenvalue weighted by atomic mass is 9.82. The molecule has 0 radical (unpaired) electrons. The molecule has 0 saturated heterocycles. The molecule has 1 N–H and O–H groups in total. The lowest BCUT2D eigenvalue weighted by Crippen LogP contribution is -2.49. The van der Waals surface area contributed by atoms with Gasteiger partial charge < -0.3 is 9.84 Å². The van der Waals surface area contributed by atoms with Crippen LogP contribution in [0.5, 0.6) is 5.75 Å². The van der Waals surface area contributed by atoms with E-state index in [4.69, 9.17) is 4.74 Å². The highest BCUT2D eigenvalue weighted by atomic mass is 16.5. The minimum atomic E-state index is -0.470. The third kappa shape index (κ3) is 7.52. The summed E-state index contributed by atoms with van der Waals surface area (Å²) in [7, 11) is 0. The highest BCUT2D eigenvalue weighted by molar-refractivity contribution is 5.51. The van der Waals surface area contributed by atoms with Crippen LogP contribution >= 0.6 is 0 Å². The number of hydrogen-bond donors (Lipinski definition) is 1. The smallest absolute Gasteiger partial charge is 0.132 e. The summed E-state index contributed by atoms with van der Waals surface area (Å²) in [5.41, 5.74) is 4.48. The highest BCUT2D eigenvalue weighted by Gasteiger charge is 2.40. The van der Waals surface area contributed by atoms with Gasteiger partial charge in [-0.3, -0.25) is 0 Å². The Labute approximate surface area is 193 Å². The fourth-order valence-electron chi connectivity index (χ4n) is 5.20. The summed E-state index contributed by atoms with van der Waals surface area (Å²) < 4.78 is 6.52. The third-order valence-corrected chi connectivity index (χ3v) is 7.80. The van der Waals surface area contributed by atoms with Crippen molar-refractivity contribution in [1.82, 2.24) is 0 Å². The van der Waals surface area contributed by atoms with Crippen LogP contribution in [-0.2, 0) is 6.42 Å². The van der Waals surface area contributed by atoms with Crippen molar-refractivity contribution in [3.8, 4) is 5.75 Å². The van der Waals surface area contributed by atoms with Gasteiger partial charge in [0.1, 0.15) is 11.4 Å². The van der Waals surface area contributed by atoms with E-state index in [1.807, 2.05) is 0 Å². The van der Waals surface area contributed by atoms with Crippen LogP contribution in [0.4, 0.5) is 0 Å². The molecule has 1 aromatic carbocycles. The van der Waals surface area contributed by atoms with E-state index in [2.05, 4.69) is 61.5 Å². The first-order valence-electron chi connectivity index (χ1n) is 13.0. The summed E-state index contributed by atoms with van der Waals surface area (Å²) in [4.78, 5) is 0. The van der Waals surface area contributed by atoms with Crippen molar-refractivity contribution in [2.45, 2.75) is 131 Å². The summed E-state index contributed by atoms with van der Waals surface area (Å²) in [6.07, 6.45) is 11.8. The summed E-state index contributed by atoms with van der Waals surface area (Å²) in [6.45, 7) is 18.0. The van der Waals surface area contributed by atoms with Crippen molar-refractivity contribution in [1.29, 1.82) is 0 Å². The summed E-state index contributed by atoms with van der Waals surface area (Å²) in [5, 5.41) is 10.9. The molecule has 2 heteroatoms. The molecule has 1 aliphatic heterocycles. The predicted octanol–water partition coefficient (Wildman–Crippen LogP) is 8.11. The third-order valence-electron chi connectivity index (χ3n) is 7.80. The number of aryl methyl sites for hydroxylation is 2. The monoisotopic (exact) mass is 430 g/mol. The molecular formula is C29H50O2. The highest BCUT2D eigenvalue weighted by Crippen LogP contribution is 2.41. The van der Waals surface area contributed by atoms with E-state index in [0.717, 1.165) is 36.3 Å². The van der Waals surface area contributed by atoms with E-state index in [9.17, 15) is 5.11 Å². The Hall–Kier alpha value is -1.02. The first-order chi connectivity index (χ1) is 14.5. The summed E-state index contributed by atoms with van der Waals surface area (Å²) in [6, 6.07) is 2.22. The Morgan fingerprint density at radius 2 is 1.45 bits per heavy atom. The number of rotatable bonds is 12. The van der Waals surface area contributed by atoms with Crippen LogP contribution in [-0.4, -0.2) is 16.8 Å². The van der Waals surface area contributed by atoms with Crippen LogP contribution < -0.4 is 4.74 Å². The van der Waals surface area contributed by atoms with Gasteiger partial charge in [0, 0.05) is 12.0 Å². The standard InChI is InChI=1S/C29H50O2/c1-20(2)12-9-13-21(3)14-10-15-22(4)16-11-17-29(8)27(30)19-26-24(6)18-23(5)25(7)28(26)31-29/h18,20-22,27,30H,9-17,19H2,1-8H3. The predicted molar refractivity (Wildman–Crippen MR) is 134 cm³/mol. The van der Waals surface area contributed by atoms with Crippen molar-refractivity contribution in [2.75, 3.05) is 0 Å². The molecule has 4 unspecified atom stereocenters. The molecule has 0 aromatic heterocycles. The minimum absolute atomic E-state index is 0.428. The van der Waals surface area contributed by atoms with Crippen molar-refractivity contribution >= 4 is 0 Å². The van der Waals surface area contributed by atoms with Gasteiger partial charge in [-0.25, -0.2) is 0 Å². The molecule has 1 aromatic rings. The van der Waals surface area contributed by atoms with Crippen LogP contribution in [0.15, 0.2) is 6.07 Å². The number of benzene rings is 1. The number of aliphatic hydroxyl groups is 1. The second-order valence-corrected chi connectivity index (χ2v) is 11.4. The number of ether oxygens (including phenoxy) is 1. The Bertz CT molecular complexity index is 692. The van der Waals surface area contributed by atoms with Gasteiger partial charge in [0.15, 0.2) is 0 Å². The lowest BCUT2D eigenvalue weighted by molar-refractivity contribution is -0.0616. The molecule has 0 fully saturated rings. The van der Waals surface area contributed by atoms with E-state index >= 15 is 0 Å². The van der Waals surface area contributed by atoms with Crippen molar-refractivity contribution in [3.05, 3.63) is 28.3 Å². The average Bonchev–Trinajstić information content (AvgIpc) is 2.67. The molecule has 0 spiro atoms. The normalized spacial score (nSPS) is 22.8. The molecule has 2 nitrogen and oxygen atoms in total. The molecule has 0 aliphatic carbocycles.